The molecule has 0 spiro atoms. The summed E-state index contributed by atoms with van der Waals surface area (Å²) < 4.78 is 27.6. The molecule has 0 amide bonds. The van der Waals surface area contributed by atoms with E-state index in [0.29, 0.717) is 13.0 Å². The van der Waals surface area contributed by atoms with Gasteiger partial charge in [-0.15, -0.1) is 0 Å². The van der Waals surface area contributed by atoms with Gasteiger partial charge in [-0.3, -0.25) is 0 Å². The van der Waals surface area contributed by atoms with Crippen molar-refractivity contribution in [1.29, 1.82) is 0 Å². The van der Waals surface area contributed by atoms with Crippen molar-refractivity contribution in [3.63, 3.8) is 0 Å². The molecular weight excluding hydrogens is 232 g/mol. The van der Waals surface area contributed by atoms with Crippen LogP contribution in [0.1, 0.15) is 31.2 Å². The number of benzene rings is 1. The largest absolute Gasteiger partial charge is 0.330 e. The summed E-state index contributed by atoms with van der Waals surface area (Å²) in [7, 11) is 0. The molecule has 2 rings (SSSR count). The highest BCUT2D eigenvalue weighted by Gasteiger charge is 2.42. The minimum absolute atomic E-state index is 0.0142. The Morgan fingerprint density at radius 2 is 2.00 bits per heavy atom. The maximum atomic E-state index is 13.9. The first-order valence-electron chi connectivity index (χ1n) is 5.45. The lowest BCUT2D eigenvalue weighted by Gasteiger charge is -2.42. The second-order valence-electron chi connectivity index (χ2n) is 4.39. The smallest absolute Gasteiger partial charge is 0.148 e. The van der Waals surface area contributed by atoms with Crippen LogP contribution < -0.4 is 5.73 Å². The summed E-state index contributed by atoms with van der Waals surface area (Å²) in [6.45, 7) is 0.436. The first-order chi connectivity index (χ1) is 7.60. The Kier molecular flexibility index (Phi) is 3.17. The third-order valence-corrected chi connectivity index (χ3v) is 3.80. The Labute approximate surface area is 98.6 Å². The molecule has 88 valence electrons. The van der Waals surface area contributed by atoms with Crippen molar-refractivity contribution in [3.8, 4) is 0 Å². The van der Waals surface area contributed by atoms with Crippen LogP contribution in [0.5, 0.6) is 0 Å². The molecule has 1 aliphatic rings. The van der Waals surface area contributed by atoms with Crippen molar-refractivity contribution in [1.82, 2.24) is 0 Å². The molecule has 0 heterocycles. The SMILES string of the molecule is NCCC1(c2c(F)ccc(Cl)c2F)CCC1. The molecule has 16 heavy (non-hydrogen) atoms. The highest BCUT2D eigenvalue weighted by molar-refractivity contribution is 6.30. The van der Waals surface area contributed by atoms with Crippen molar-refractivity contribution >= 4 is 11.6 Å². The van der Waals surface area contributed by atoms with E-state index in [2.05, 4.69) is 0 Å². The fourth-order valence-electron chi connectivity index (χ4n) is 2.52. The van der Waals surface area contributed by atoms with Crippen LogP contribution in [-0.2, 0) is 5.41 Å². The first-order valence-corrected chi connectivity index (χ1v) is 5.82. The average Bonchev–Trinajstić information content (AvgIpc) is 2.20. The lowest BCUT2D eigenvalue weighted by Crippen LogP contribution is -2.38. The molecule has 0 aliphatic heterocycles. The van der Waals surface area contributed by atoms with Gasteiger partial charge >= 0.3 is 0 Å². The Morgan fingerprint density at radius 1 is 1.31 bits per heavy atom. The first kappa shape index (κ1) is 11.8. The topological polar surface area (TPSA) is 26.0 Å². The minimum Gasteiger partial charge on any atom is -0.330 e. The van der Waals surface area contributed by atoms with Gasteiger partial charge in [0.15, 0.2) is 0 Å². The van der Waals surface area contributed by atoms with Crippen LogP contribution in [0.15, 0.2) is 12.1 Å². The van der Waals surface area contributed by atoms with Gasteiger partial charge in [-0.2, -0.15) is 0 Å². The van der Waals surface area contributed by atoms with E-state index in [9.17, 15) is 8.78 Å². The lowest BCUT2D eigenvalue weighted by molar-refractivity contribution is 0.214. The maximum Gasteiger partial charge on any atom is 0.148 e. The van der Waals surface area contributed by atoms with Crippen molar-refractivity contribution in [3.05, 3.63) is 34.4 Å². The molecule has 0 aromatic heterocycles. The molecule has 1 nitrogen and oxygen atoms in total. The molecule has 1 aromatic carbocycles. The van der Waals surface area contributed by atoms with Gasteiger partial charge in [-0.05, 0) is 37.9 Å². The maximum absolute atomic E-state index is 13.9. The third-order valence-electron chi connectivity index (χ3n) is 3.51. The van der Waals surface area contributed by atoms with Gasteiger partial charge < -0.3 is 5.73 Å². The van der Waals surface area contributed by atoms with Crippen LogP contribution >= 0.6 is 11.6 Å². The number of rotatable bonds is 3. The van der Waals surface area contributed by atoms with E-state index in [1.807, 2.05) is 0 Å². The van der Waals surface area contributed by atoms with Crippen LogP contribution in [0.25, 0.3) is 0 Å². The summed E-state index contributed by atoms with van der Waals surface area (Å²) in [6.07, 6.45) is 3.18. The molecule has 0 unspecified atom stereocenters. The predicted molar refractivity (Wildman–Crippen MR) is 60.6 cm³/mol. The van der Waals surface area contributed by atoms with Crippen LogP contribution in [0.2, 0.25) is 5.02 Å². The molecule has 4 heteroatoms. The molecule has 1 saturated carbocycles. The van der Waals surface area contributed by atoms with E-state index in [4.69, 9.17) is 17.3 Å². The monoisotopic (exact) mass is 245 g/mol. The number of hydrogen-bond donors (Lipinski definition) is 1. The van der Waals surface area contributed by atoms with E-state index in [0.717, 1.165) is 19.3 Å². The minimum atomic E-state index is -0.616. The van der Waals surface area contributed by atoms with Crippen LogP contribution in [0.4, 0.5) is 8.78 Å². The van der Waals surface area contributed by atoms with Gasteiger partial charge in [0.25, 0.3) is 0 Å². The standard InChI is InChI=1S/C12H14ClF2N/c13-8-2-3-9(14)10(11(8)15)12(6-7-16)4-1-5-12/h2-3H,1,4-7,16H2. The summed E-state index contributed by atoms with van der Waals surface area (Å²) >= 11 is 5.70. The van der Waals surface area contributed by atoms with Crippen molar-refractivity contribution < 1.29 is 8.78 Å². The van der Waals surface area contributed by atoms with E-state index in [1.54, 1.807) is 0 Å². The normalized spacial score (nSPS) is 18.2. The molecular formula is C12H14ClF2N. The van der Waals surface area contributed by atoms with Crippen molar-refractivity contribution in [2.45, 2.75) is 31.1 Å². The van der Waals surface area contributed by atoms with Gasteiger partial charge in [-0.1, -0.05) is 18.0 Å². The zero-order valence-electron chi connectivity index (χ0n) is 8.90. The third kappa shape index (κ3) is 1.72. The molecule has 2 N–H and O–H groups in total. The fourth-order valence-corrected chi connectivity index (χ4v) is 2.68. The second kappa shape index (κ2) is 4.30. The van der Waals surface area contributed by atoms with E-state index < -0.39 is 17.0 Å². The fraction of sp³-hybridized carbons (Fsp3) is 0.500. The summed E-state index contributed by atoms with van der Waals surface area (Å²) in [6, 6.07) is 2.49. The molecule has 1 aliphatic carbocycles. The predicted octanol–water partition coefficient (Wildman–Crippen LogP) is 3.39. The Hall–Kier alpha value is -0.670. The molecule has 0 bridgehead atoms. The van der Waals surface area contributed by atoms with E-state index in [1.165, 1.54) is 12.1 Å². The van der Waals surface area contributed by atoms with Gasteiger partial charge in [0.05, 0.1) is 5.02 Å². The lowest BCUT2D eigenvalue weighted by atomic mass is 9.62. The van der Waals surface area contributed by atoms with E-state index >= 15 is 0 Å². The summed E-state index contributed by atoms with van der Waals surface area (Å²) in [4.78, 5) is 0. The summed E-state index contributed by atoms with van der Waals surface area (Å²) in [5, 5.41) is -0.0142. The molecule has 0 radical (unpaired) electrons. The van der Waals surface area contributed by atoms with E-state index in [-0.39, 0.29) is 10.6 Å². The zero-order chi connectivity index (χ0) is 11.8. The van der Waals surface area contributed by atoms with Crippen LogP contribution in [0, 0.1) is 11.6 Å². The van der Waals surface area contributed by atoms with Gasteiger partial charge in [0, 0.05) is 11.0 Å². The average molecular weight is 246 g/mol. The van der Waals surface area contributed by atoms with Crippen molar-refractivity contribution in [2.75, 3.05) is 6.54 Å². The number of nitrogens with two attached hydrogens (primary N) is 1. The Bertz CT molecular complexity index is 402. The molecule has 1 fully saturated rings. The van der Waals surface area contributed by atoms with Gasteiger partial charge in [0.1, 0.15) is 11.6 Å². The Morgan fingerprint density at radius 3 is 2.50 bits per heavy atom. The second-order valence-corrected chi connectivity index (χ2v) is 4.80. The quantitative estimate of drug-likeness (QED) is 0.812. The number of halogens is 3. The van der Waals surface area contributed by atoms with Crippen LogP contribution in [0.3, 0.4) is 0 Å². The molecule has 1 aromatic rings. The Balaban J connectivity index is 2.49. The number of hydrogen-bond acceptors (Lipinski definition) is 1. The van der Waals surface area contributed by atoms with Crippen LogP contribution in [-0.4, -0.2) is 6.54 Å². The van der Waals surface area contributed by atoms with Gasteiger partial charge in [-0.25, -0.2) is 8.78 Å². The molecule has 0 atom stereocenters. The zero-order valence-corrected chi connectivity index (χ0v) is 9.66. The summed E-state index contributed by atoms with van der Waals surface area (Å²) in [5.41, 5.74) is 5.23. The van der Waals surface area contributed by atoms with Crippen molar-refractivity contribution in [2.24, 2.45) is 5.73 Å². The van der Waals surface area contributed by atoms with Gasteiger partial charge in [0.2, 0.25) is 0 Å². The highest BCUT2D eigenvalue weighted by Crippen LogP contribution is 2.48. The highest BCUT2D eigenvalue weighted by atomic mass is 35.5. The summed E-state index contributed by atoms with van der Waals surface area (Å²) in [5.74, 6) is -1.12. The molecule has 0 saturated heterocycles.